The van der Waals surface area contributed by atoms with E-state index in [0.29, 0.717) is 30.6 Å². The maximum Gasteiger partial charge on any atom is 0.320 e. The summed E-state index contributed by atoms with van der Waals surface area (Å²) in [6.45, 7) is 4.09. The number of amides is 3. The van der Waals surface area contributed by atoms with Crippen LogP contribution in [0, 0.1) is 5.92 Å². The normalized spacial score (nSPS) is 23.8. The summed E-state index contributed by atoms with van der Waals surface area (Å²) < 4.78 is 0. The van der Waals surface area contributed by atoms with Crippen molar-refractivity contribution in [2.24, 2.45) is 5.92 Å². The Labute approximate surface area is 154 Å². The molecule has 0 aromatic heterocycles. The van der Waals surface area contributed by atoms with Crippen LogP contribution < -0.4 is 5.32 Å². The number of urea groups is 1. The van der Waals surface area contributed by atoms with Gasteiger partial charge in [0.25, 0.3) is 0 Å². The molecule has 1 aromatic carbocycles. The fourth-order valence-corrected chi connectivity index (χ4v) is 3.95. The summed E-state index contributed by atoms with van der Waals surface area (Å²) in [6, 6.07) is 7.70. The number of carbonyl (C=O) groups excluding carboxylic acids is 2. The van der Waals surface area contributed by atoms with Gasteiger partial charge in [-0.15, -0.1) is 0 Å². The number of hydrogen-bond acceptors (Lipinski definition) is 2. The fourth-order valence-electron chi connectivity index (χ4n) is 3.74. The molecule has 2 atom stereocenters. The minimum Gasteiger partial charge on any atom is -0.352 e. The van der Waals surface area contributed by atoms with Crippen LogP contribution in [0.2, 0.25) is 5.02 Å². The quantitative estimate of drug-likeness (QED) is 0.872. The Kier molecular flexibility index (Phi) is 5.84. The zero-order valence-corrected chi connectivity index (χ0v) is 15.5. The zero-order chi connectivity index (χ0) is 17.8. The molecule has 1 saturated carbocycles. The Balaban J connectivity index is 1.50. The highest BCUT2D eigenvalue weighted by Crippen LogP contribution is 2.23. The number of hydrogen-bond donors (Lipinski definition) is 1. The van der Waals surface area contributed by atoms with E-state index >= 15 is 0 Å². The molecule has 1 aliphatic heterocycles. The highest BCUT2D eigenvalue weighted by atomic mass is 35.5. The zero-order valence-electron chi connectivity index (χ0n) is 14.7. The summed E-state index contributed by atoms with van der Waals surface area (Å²) in [5.74, 6) is 0.475. The molecule has 0 unspecified atom stereocenters. The molecular formula is C19H26ClN3O2. The van der Waals surface area contributed by atoms with Crippen molar-refractivity contribution in [1.29, 1.82) is 0 Å². The number of carbonyl (C=O) groups is 2. The van der Waals surface area contributed by atoms with Gasteiger partial charge in [-0.05, 0) is 36.5 Å². The molecule has 1 heterocycles. The standard InChI is InChI=1S/C19H26ClN3O2/c1-14-5-2-3-8-17(14)21-18(24)13-23-10-9-22(19(23)25)12-15-6-4-7-16(20)11-15/h4,6-7,11,14,17H,2-3,5,8-10,12-13H2,1H3,(H,21,24)/t14-,17+/m0/s1. The average Bonchev–Trinajstić information content (AvgIpc) is 2.90. The van der Waals surface area contributed by atoms with E-state index in [9.17, 15) is 9.59 Å². The van der Waals surface area contributed by atoms with Crippen LogP contribution in [-0.2, 0) is 11.3 Å². The van der Waals surface area contributed by atoms with Crippen molar-refractivity contribution in [3.05, 3.63) is 34.9 Å². The molecule has 6 heteroatoms. The van der Waals surface area contributed by atoms with Crippen molar-refractivity contribution in [2.75, 3.05) is 19.6 Å². The van der Waals surface area contributed by atoms with Gasteiger partial charge in [-0.25, -0.2) is 4.79 Å². The number of nitrogens with one attached hydrogen (secondary N) is 1. The van der Waals surface area contributed by atoms with E-state index in [1.54, 1.807) is 9.80 Å². The second-order valence-electron chi connectivity index (χ2n) is 7.19. The Morgan fingerprint density at radius 3 is 2.76 bits per heavy atom. The molecule has 1 saturated heterocycles. The Morgan fingerprint density at radius 1 is 1.24 bits per heavy atom. The van der Waals surface area contributed by atoms with E-state index in [0.717, 1.165) is 12.0 Å². The molecule has 25 heavy (non-hydrogen) atoms. The Hall–Kier alpha value is -1.75. The third-order valence-corrected chi connectivity index (χ3v) is 5.47. The molecule has 3 rings (SSSR count). The first-order chi connectivity index (χ1) is 12.0. The average molecular weight is 364 g/mol. The van der Waals surface area contributed by atoms with E-state index in [2.05, 4.69) is 12.2 Å². The lowest BCUT2D eigenvalue weighted by Gasteiger charge is -2.30. The lowest BCUT2D eigenvalue weighted by Crippen LogP contribution is -2.46. The maximum atomic E-state index is 12.5. The molecular weight excluding hydrogens is 338 g/mol. The summed E-state index contributed by atoms with van der Waals surface area (Å²) in [7, 11) is 0. The van der Waals surface area contributed by atoms with Gasteiger partial charge in [0, 0.05) is 30.7 Å². The van der Waals surface area contributed by atoms with Crippen LogP contribution in [0.1, 0.15) is 38.2 Å². The first-order valence-corrected chi connectivity index (χ1v) is 9.48. The van der Waals surface area contributed by atoms with Crippen LogP contribution in [0.15, 0.2) is 24.3 Å². The monoisotopic (exact) mass is 363 g/mol. The highest BCUT2D eigenvalue weighted by molar-refractivity contribution is 6.30. The largest absolute Gasteiger partial charge is 0.352 e. The van der Waals surface area contributed by atoms with E-state index in [-0.39, 0.29) is 24.5 Å². The van der Waals surface area contributed by atoms with Crippen LogP contribution in [0.5, 0.6) is 0 Å². The van der Waals surface area contributed by atoms with Crippen molar-refractivity contribution in [2.45, 2.75) is 45.2 Å². The third kappa shape index (κ3) is 4.66. The van der Waals surface area contributed by atoms with Crippen molar-refractivity contribution >= 4 is 23.5 Å². The summed E-state index contributed by atoms with van der Waals surface area (Å²) in [5.41, 5.74) is 1.00. The molecule has 5 nitrogen and oxygen atoms in total. The number of halogens is 1. The summed E-state index contributed by atoms with van der Waals surface area (Å²) >= 11 is 6.00. The van der Waals surface area contributed by atoms with Crippen molar-refractivity contribution in [1.82, 2.24) is 15.1 Å². The second kappa shape index (κ2) is 8.09. The molecule has 0 radical (unpaired) electrons. The summed E-state index contributed by atoms with van der Waals surface area (Å²) in [4.78, 5) is 28.3. The highest BCUT2D eigenvalue weighted by Gasteiger charge is 2.31. The molecule has 1 N–H and O–H groups in total. The van der Waals surface area contributed by atoms with Crippen LogP contribution >= 0.6 is 11.6 Å². The van der Waals surface area contributed by atoms with Gasteiger partial charge in [0.05, 0.1) is 0 Å². The number of rotatable bonds is 5. The van der Waals surface area contributed by atoms with E-state index < -0.39 is 0 Å². The molecule has 136 valence electrons. The molecule has 2 fully saturated rings. The van der Waals surface area contributed by atoms with E-state index in [1.807, 2.05) is 24.3 Å². The van der Waals surface area contributed by atoms with Gasteiger partial charge in [0.1, 0.15) is 6.54 Å². The van der Waals surface area contributed by atoms with Gasteiger partial charge >= 0.3 is 6.03 Å². The molecule has 1 aliphatic carbocycles. The SMILES string of the molecule is C[C@H]1CCCC[C@H]1NC(=O)CN1CCN(Cc2cccc(Cl)c2)C1=O. The molecule has 1 aromatic rings. The minimum atomic E-state index is -0.0770. The first kappa shape index (κ1) is 18.1. The summed E-state index contributed by atoms with van der Waals surface area (Å²) in [6.07, 6.45) is 4.63. The van der Waals surface area contributed by atoms with Gasteiger partial charge in [-0.3, -0.25) is 4.79 Å². The summed E-state index contributed by atoms with van der Waals surface area (Å²) in [5, 5.41) is 3.79. The molecule has 0 spiro atoms. The molecule has 2 aliphatic rings. The van der Waals surface area contributed by atoms with Gasteiger partial charge in [0.2, 0.25) is 5.91 Å². The first-order valence-electron chi connectivity index (χ1n) is 9.10. The minimum absolute atomic E-state index is 0.0447. The van der Waals surface area contributed by atoms with Gasteiger partial charge in [-0.2, -0.15) is 0 Å². The Morgan fingerprint density at radius 2 is 2.00 bits per heavy atom. The Bertz CT molecular complexity index is 637. The molecule has 3 amide bonds. The van der Waals surface area contributed by atoms with Gasteiger partial charge in [-0.1, -0.05) is 43.5 Å². The van der Waals surface area contributed by atoms with Crippen LogP contribution in [0.3, 0.4) is 0 Å². The van der Waals surface area contributed by atoms with Crippen molar-refractivity contribution in [3.8, 4) is 0 Å². The van der Waals surface area contributed by atoms with Gasteiger partial charge in [0.15, 0.2) is 0 Å². The van der Waals surface area contributed by atoms with E-state index in [1.165, 1.54) is 19.3 Å². The predicted molar refractivity (Wildman–Crippen MR) is 98.4 cm³/mol. The molecule has 0 bridgehead atoms. The fraction of sp³-hybridized carbons (Fsp3) is 0.579. The van der Waals surface area contributed by atoms with Crippen LogP contribution in [0.25, 0.3) is 0 Å². The predicted octanol–water partition coefficient (Wildman–Crippen LogP) is 3.27. The van der Waals surface area contributed by atoms with E-state index in [4.69, 9.17) is 11.6 Å². The van der Waals surface area contributed by atoms with Gasteiger partial charge < -0.3 is 15.1 Å². The van der Waals surface area contributed by atoms with Crippen molar-refractivity contribution in [3.63, 3.8) is 0 Å². The third-order valence-electron chi connectivity index (χ3n) is 5.24. The van der Waals surface area contributed by atoms with Crippen LogP contribution in [-0.4, -0.2) is 47.4 Å². The lowest BCUT2D eigenvalue weighted by atomic mass is 9.86. The maximum absolute atomic E-state index is 12.5. The lowest BCUT2D eigenvalue weighted by molar-refractivity contribution is -0.122. The smallest absolute Gasteiger partial charge is 0.320 e. The number of benzene rings is 1. The van der Waals surface area contributed by atoms with Crippen molar-refractivity contribution < 1.29 is 9.59 Å². The van der Waals surface area contributed by atoms with Crippen LogP contribution in [0.4, 0.5) is 4.79 Å². The topological polar surface area (TPSA) is 52.7 Å². The second-order valence-corrected chi connectivity index (χ2v) is 7.63. The number of nitrogens with zero attached hydrogens (tertiary/aromatic N) is 2.